The third-order valence-electron chi connectivity index (χ3n) is 4.58. The summed E-state index contributed by atoms with van der Waals surface area (Å²) in [6.07, 6.45) is 0.136. The molecule has 8 heteroatoms. The largest absolute Gasteiger partial charge is 0.497 e. The van der Waals surface area contributed by atoms with Gasteiger partial charge in [0.15, 0.2) is 0 Å². The van der Waals surface area contributed by atoms with E-state index < -0.39 is 22.0 Å². The van der Waals surface area contributed by atoms with Crippen molar-refractivity contribution < 1.29 is 17.9 Å². The lowest BCUT2D eigenvalue weighted by Crippen LogP contribution is -2.48. The van der Waals surface area contributed by atoms with E-state index in [1.165, 1.54) is 31.4 Å². The van der Waals surface area contributed by atoms with Gasteiger partial charge in [-0.2, -0.15) is 9.98 Å². The first-order valence-corrected chi connectivity index (χ1v) is 10.7. The number of fused-ring (bicyclic) bond motifs is 1. The molecule has 7 nitrogen and oxygen atoms in total. The van der Waals surface area contributed by atoms with Gasteiger partial charge >= 0.3 is 0 Å². The predicted molar refractivity (Wildman–Crippen MR) is 113 cm³/mol. The third-order valence-corrected chi connectivity index (χ3v) is 6.07. The molecule has 0 spiro atoms. The minimum Gasteiger partial charge on any atom is -0.497 e. The number of sulfonamides is 1. The molecule has 0 saturated heterocycles. The first-order valence-electron chi connectivity index (χ1n) is 9.21. The van der Waals surface area contributed by atoms with Crippen molar-refractivity contribution in [2.45, 2.75) is 17.4 Å². The van der Waals surface area contributed by atoms with Gasteiger partial charge in [0.05, 0.1) is 18.1 Å². The summed E-state index contributed by atoms with van der Waals surface area (Å²) in [7, 11) is -2.48. The average Bonchev–Trinajstić information content (AvgIpc) is 2.76. The Bertz CT molecular complexity index is 1180. The lowest BCUT2D eigenvalue weighted by molar-refractivity contribution is -0.122. The van der Waals surface area contributed by atoms with E-state index in [9.17, 15) is 13.2 Å². The molecule has 1 atom stereocenters. The van der Waals surface area contributed by atoms with Gasteiger partial charge in [-0.05, 0) is 47.0 Å². The number of carbonyl (C=O) groups is 1. The molecule has 0 aliphatic heterocycles. The van der Waals surface area contributed by atoms with Crippen LogP contribution in [0, 0.1) is 11.3 Å². The zero-order valence-electron chi connectivity index (χ0n) is 16.3. The van der Waals surface area contributed by atoms with Crippen LogP contribution < -0.4 is 14.8 Å². The van der Waals surface area contributed by atoms with Crippen LogP contribution in [0.15, 0.2) is 71.6 Å². The number of nitriles is 1. The molecule has 30 heavy (non-hydrogen) atoms. The lowest BCUT2D eigenvalue weighted by Gasteiger charge is -2.18. The van der Waals surface area contributed by atoms with Crippen LogP contribution in [0.25, 0.3) is 10.8 Å². The molecule has 1 unspecified atom stereocenters. The topological polar surface area (TPSA) is 108 Å². The molecule has 0 aliphatic rings. The quantitative estimate of drug-likeness (QED) is 0.541. The second-order valence-electron chi connectivity index (χ2n) is 6.61. The Labute approximate surface area is 175 Å². The first-order chi connectivity index (χ1) is 14.4. The van der Waals surface area contributed by atoms with Crippen molar-refractivity contribution in [1.82, 2.24) is 10.0 Å². The Kier molecular flexibility index (Phi) is 6.67. The van der Waals surface area contributed by atoms with Gasteiger partial charge in [0.1, 0.15) is 18.3 Å². The summed E-state index contributed by atoms with van der Waals surface area (Å²) in [5.74, 6) is -0.0461. The highest BCUT2D eigenvalue weighted by Gasteiger charge is 2.26. The second kappa shape index (κ2) is 9.39. The van der Waals surface area contributed by atoms with Gasteiger partial charge in [0, 0.05) is 0 Å². The molecule has 0 saturated carbocycles. The van der Waals surface area contributed by atoms with Gasteiger partial charge in [-0.3, -0.25) is 4.79 Å². The standard InChI is InChI=1S/C22H21N3O4S/c1-29-19-8-10-20(11-9-19)30(27,28)25-21(22(26)24-13-12-23)15-16-6-7-17-4-2-3-5-18(17)14-16/h2-11,14,21,25H,13,15H2,1H3,(H,24,26). The van der Waals surface area contributed by atoms with Crippen molar-refractivity contribution >= 4 is 26.7 Å². The van der Waals surface area contributed by atoms with Crippen LogP contribution in [-0.2, 0) is 21.2 Å². The molecule has 3 aromatic carbocycles. The van der Waals surface area contributed by atoms with E-state index in [-0.39, 0.29) is 17.9 Å². The number of benzene rings is 3. The molecule has 0 radical (unpaired) electrons. The van der Waals surface area contributed by atoms with Crippen LogP contribution in [0.1, 0.15) is 5.56 Å². The first kappa shape index (κ1) is 21.3. The summed E-state index contributed by atoms with van der Waals surface area (Å²) >= 11 is 0. The molecule has 1 amide bonds. The molecule has 0 aromatic heterocycles. The fraction of sp³-hybridized carbons (Fsp3) is 0.182. The van der Waals surface area contributed by atoms with Crippen LogP contribution in [0.4, 0.5) is 0 Å². The van der Waals surface area contributed by atoms with Crippen LogP contribution in [0.5, 0.6) is 5.75 Å². The summed E-state index contributed by atoms with van der Waals surface area (Å²) in [6, 6.07) is 20.1. The second-order valence-corrected chi connectivity index (χ2v) is 8.32. The number of nitrogens with zero attached hydrogens (tertiary/aromatic N) is 1. The monoisotopic (exact) mass is 423 g/mol. The Hall–Kier alpha value is -3.41. The molecule has 0 bridgehead atoms. The van der Waals surface area contributed by atoms with E-state index in [4.69, 9.17) is 10.00 Å². The maximum absolute atomic E-state index is 12.8. The van der Waals surface area contributed by atoms with Gasteiger partial charge < -0.3 is 10.1 Å². The van der Waals surface area contributed by atoms with Crippen molar-refractivity contribution in [2.75, 3.05) is 13.7 Å². The minimum absolute atomic E-state index is 0.0138. The van der Waals surface area contributed by atoms with Crippen molar-refractivity contribution in [3.05, 3.63) is 72.3 Å². The summed E-state index contributed by atoms with van der Waals surface area (Å²) < 4.78 is 33.2. The minimum atomic E-state index is -3.97. The Morgan fingerprint density at radius 1 is 1.07 bits per heavy atom. The van der Waals surface area contributed by atoms with Crippen LogP contribution in [0.3, 0.4) is 0 Å². The van der Waals surface area contributed by atoms with Crippen molar-refractivity contribution in [2.24, 2.45) is 0 Å². The molecular formula is C22H21N3O4S. The molecule has 0 aliphatic carbocycles. The third kappa shape index (κ3) is 5.14. The number of hydrogen-bond acceptors (Lipinski definition) is 5. The van der Waals surface area contributed by atoms with E-state index in [1.54, 1.807) is 0 Å². The van der Waals surface area contributed by atoms with Gasteiger partial charge in [-0.25, -0.2) is 8.42 Å². The van der Waals surface area contributed by atoms with E-state index in [1.807, 2.05) is 48.5 Å². The van der Waals surface area contributed by atoms with E-state index in [0.717, 1.165) is 16.3 Å². The highest BCUT2D eigenvalue weighted by molar-refractivity contribution is 7.89. The van der Waals surface area contributed by atoms with Crippen molar-refractivity contribution in [3.63, 3.8) is 0 Å². The molecule has 2 N–H and O–H groups in total. The Balaban J connectivity index is 1.87. The zero-order valence-corrected chi connectivity index (χ0v) is 17.1. The van der Waals surface area contributed by atoms with Crippen LogP contribution in [0.2, 0.25) is 0 Å². The maximum atomic E-state index is 12.8. The van der Waals surface area contributed by atoms with Crippen molar-refractivity contribution in [3.8, 4) is 11.8 Å². The fourth-order valence-electron chi connectivity index (χ4n) is 3.05. The molecular weight excluding hydrogens is 402 g/mol. The summed E-state index contributed by atoms with van der Waals surface area (Å²) in [4.78, 5) is 12.6. The fourth-order valence-corrected chi connectivity index (χ4v) is 4.24. The zero-order chi connectivity index (χ0) is 21.6. The number of hydrogen-bond donors (Lipinski definition) is 2. The molecule has 0 fully saturated rings. The number of nitrogens with one attached hydrogen (secondary N) is 2. The SMILES string of the molecule is COc1ccc(S(=O)(=O)NC(Cc2ccc3ccccc3c2)C(=O)NCC#N)cc1. The van der Waals surface area contributed by atoms with Gasteiger partial charge in [0.2, 0.25) is 15.9 Å². The Morgan fingerprint density at radius 2 is 1.77 bits per heavy atom. The summed E-state index contributed by atoms with van der Waals surface area (Å²) in [5, 5.41) is 13.2. The summed E-state index contributed by atoms with van der Waals surface area (Å²) in [6.45, 7) is -0.211. The normalized spacial score (nSPS) is 12.1. The van der Waals surface area contributed by atoms with Crippen LogP contribution >= 0.6 is 0 Å². The number of carbonyl (C=O) groups excluding carboxylic acids is 1. The van der Waals surface area contributed by atoms with Crippen molar-refractivity contribution in [1.29, 1.82) is 5.26 Å². The smallest absolute Gasteiger partial charge is 0.241 e. The number of rotatable bonds is 8. The Morgan fingerprint density at radius 3 is 2.43 bits per heavy atom. The molecule has 3 rings (SSSR count). The van der Waals surface area contributed by atoms with E-state index in [0.29, 0.717) is 5.75 Å². The number of ether oxygens (including phenoxy) is 1. The highest BCUT2D eigenvalue weighted by atomic mass is 32.2. The van der Waals surface area contributed by atoms with Gasteiger partial charge in [-0.15, -0.1) is 0 Å². The number of methoxy groups -OCH3 is 1. The van der Waals surface area contributed by atoms with Gasteiger partial charge in [-0.1, -0.05) is 42.5 Å². The lowest BCUT2D eigenvalue weighted by atomic mass is 10.0. The molecule has 0 heterocycles. The molecule has 3 aromatic rings. The highest BCUT2D eigenvalue weighted by Crippen LogP contribution is 2.19. The molecule has 154 valence electrons. The maximum Gasteiger partial charge on any atom is 0.241 e. The number of amides is 1. The average molecular weight is 423 g/mol. The predicted octanol–water partition coefficient (Wildman–Crippen LogP) is 2.38. The van der Waals surface area contributed by atoms with Crippen LogP contribution in [-0.4, -0.2) is 34.0 Å². The van der Waals surface area contributed by atoms with Gasteiger partial charge in [0.25, 0.3) is 0 Å². The summed E-state index contributed by atoms with van der Waals surface area (Å²) in [5.41, 5.74) is 0.795. The van der Waals surface area contributed by atoms with E-state index >= 15 is 0 Å². The van der Waals surface area contributed by atoms with E-state index in [2.05, 4.69) is 10.0 Å².